The van der Waals surface area contributed by atoms with Crippen molar-refractivity contribution in [3.8, 4) is 5.95 Å². The normalized spacial score (nSPS) is 10.4. The molecule has 0 atom stereocenters. The molecule has 100 valence electrons. The molecule has 0 spiro atoms. The number of aromatic nitrogens is 5. The Morgan fingerprint density at radius 1 is 1.15 bits per heavy atom. The number of halogens is 1. The number of nitrogens with one attached hydrogen (secondary N) is 1. The zero-order chi connectivity index (χ0) is 13.9. The van der Waals surface area contributed by atoms with Crippen molar-refractivity contribution >= 4 is 33.5 Å². The largest absolute Gasteiger partial charge is 0.368 e. The lowest BCUT2D eigenvalue weighted by atomic mass is 10.3. The number of nitrogen functional groups attached to an aromatic ring is 1. The fourth-order valence-electron chi connectivity index (χ4n) is 1.62. The van der Waals surface area contributed by atoms with Crippen molar-refractivity contribution in [2.45, 2.75) is 0 Å². The minimum atomic E-state index is 0.128. The van der Waals surface area contributed by atoms with Gasteiger partial charge >= 0.3 is 0 Å². The topological polar surface area (TPSA) is 94.5 Å². The average molecular weight is 332 g/mol. The van der Waals surface area contributed by atoms with Crippen molar-refractivity contribution in [3.05, 3.63) is 47.2 Å². The van der Waals surface area contributed by atoms with E-state index in [4.69, 9.17) is 5.73 Å². The Kier molecular flexibility index (Phi) is 3.30. The quantitative estimate of drug-likeness (QED) is 0.763. The minimum Gasteiger partial charge on any atom is -0.368 e. The van der Waals surface area contributed by atoms with Crippen LogP contribution in [0.25, 0.3) is 5.95 Å². The van der Waals surface area contributed by atoms with E-state index < -0.39 is 0 Å². The Bertz CT molecular complexity index is 726. The van der Waals surface area contributed by atoms with Crippen molar-refractivity contribution in [1.29, 1.82) is 0 Å². The molecule has 0 amide bonds. The highest BCUT2D eigenvalue weighted by Gasteiger charge is 2.07. The summed E-state index contributed by atoms with van der Waals surface area (Å²) in [5.74, 6) is 0.851. The number of rotatable bonds is 3. The predicted molar refractivity (Wildman–Crippen MR) is 78.8 cm³/mol. The van der Waals surface area contributed by atoms with Gasteiger partial charge in [0.05, 0.1) is 0 Å². The second-order valence-corrected chi connectivity index (χ2v) is 4.82. The van der Waals surface area contributed by atoms with Crippen LogP contribution in [0.2, 0.25) is 0 Å². The van der Waals surface area contributed by atoms with Crippen LogP contribution in [0.15, 0.2) is 47.2 Å². The molecule has 0 saturated heterocycles. The molecule has 3 N–H and O–H groups in total. The van der Waals surface area contributed by atoms with Gasteiger partial charge in [0.15, 0.2) is 0 Å². The van der Waals surface area contributed by atoms with E-state index in [1.54, 1.807) is 18.5 Å². The zero-order valence-electron chi connectivity index (χ0n) is 10.2. The first-order valence-corrected chi connectivity index (χ1v) is 6.54. The summed E-state index contributed by atoms with van der Waals surface area (Å²) < 4.78 is 2.47. The van der Waals surface area contributed by atoms with Gasteiger partial charge in [-0.25, -0.2) is 4.68 Å². The number of nitrogens with two attached hydrogens (primary N) is 1. The lowest BCUT2D eigenvalue weighted by molar-refractivity contribution is 0.801. The first kappa shape index (κ1) is 12.5. The fraction of sp³-hybridized carbons (Fsp3) is 0. The van der Waals surface area contributed by atoms with Crippen LogP contribution in [0.1, 0.15) is 0 Å². The number of anilines is 3. The Balaban J connectivity index is 1.94. The highest BCUT2D eigenvalue weighted by atomic mass is 79.9. The van der Waals surface area contributed by atoms with Gasteiger partial charge in [0, 0.05) is 22.6 Å². The van der Waals surface area contributed by atoms with Crippen LogP contribution in [0.4, 0.5) is 17.6 Å². The molecule has 3 aromatic rings. The summed E-state index contributed by atoms with van der Waals surface area (Å²) in [5.41, 5.74) is 6.54. The van der Waals surface area contributed by atoms with E-state index in [2.05, 4.69) is 41.3 Å². The molecule has 0 fully saturated rings. The van der Waals surface area contributed by atoms with Crippen LogP contribution < -0.4 is 11.1 Å². The Labute approximate surface area is 123 Å². The zero-order valence-corrected chi connectivity index (χ0v) is 11.8. The molecule has 3 rings (SSSR count). The number of hydrogen-bond donors (Lipinski definition) is 2. The number of hydrogen-bond acceptors (Lipinski definition) is 6. The van der Waals surface area contributed by atoms with Gasteiger partial charge in [-0.15, -0.1) is 0 Å². The monoisotopic (exact) mass is 331 g/mol. The molecule has 0 radical (unpaired) electrons. The maximum absolute atomic E-state index is 5.70. The van der Waals surface area contributed by atoms with E-state index in [1.165, 1.54) is 4.68 Å². The molecule has 0 bridgehead atoms. The third kappa shape index (κ3) is 2.75. The van der Waals surface area contributed by atoms with Crippen LogP contribution >= 0.6 is 15.9 Å². The molecule has 20 heavy (non-hydrogen) atoms. The van der Waals surface area contributed by atoms with Crippen LogP contribution in [0, 0.1) is 0 Å². The van der Waals surface area contributed by atoms with Crippen molar-refractivity contribution < 1.29 is 0 Å². The molecule has 8 heteroatoms. The molecule has 0 aliphatic heterocycles. The maximum atomic E-state index is 5.70. The summed E-state index contributed by atoms with van der Waals surface area (Å²) in [6, 6.07) is 9.43. The van der Waals surface area contributed by atoms with E-state index in [0.717, 1.165) is 10.2 Å². The first-order valence-electron chi connectivity index (χ1n) is 5.75. The van der Waals surface area contributed by atoms with Gasteiger partial charge in [-0.1, -0.05) is 22.0 Å². The molecule has 0 aliphatic carbocycles. The van der Waals surface area contributed by atoms with E-state index in [0.29, 0.717) is 11.9 Å². The summed E-state index contributed by atoms with van der Waals surface area (Å²) in [5, 5.41) is 7.14. The fourth-order valence-corrected chi connectivity index (χ4v) is 2.02. The summed E-state index contributed by atoms with van der Waals surface area (Å²) in [4.78, 5) is 12.4. The Morgan fingerprint density at radius 3 is 2.80 bits per heavy atom. The molecule has 0 saturated carbocycles. The molecular formula is C12H10BrN7. The molecule has 0 unspecified atom stereocenters. The predicted octanol–water partition coefficient (Wildman–Crippen LogP) is 2.15. The molecule has 2 heterocycles. The van der Waals surface area contributed by atoms with Crippen LogP contribution in [0.5, 0.6) is 0 Å². The summed E-state index contributed by atoms with van der Waals surface area (Å²) >= 11 is 3.40. The van der Waals surface area contributed by atoms with Crippen LogP contribution in [-0.2, 0) is 0 Å². The van der Waals surface area contributed by atoms with Gasteiger partial charge in [0.25, 0.3) is 5.95 Å². The summed E-state index contributed by atoms with van der Waals surface area (Å²) in [6.07, 6.45) is 3.37. The lowest BCUT2D eigenvalue weighted by Crippen LogP contribution is -2.09. The third-order valence-corrected chi connectivity index (χ3v) is 2.92. The smallest absolute Gasteiger partial charge is 0.257 e. The van der Waals surface area contributed by atoms with Crippen molar-refractivity contribution in [1.82, 2.24) is 24.7 Å². The number of benzene rings is 1. The van der Waals surface area contributed by atoms with Gasteiger partial charge < -0.3 is 11.1 Å². The van der Waals surface area contributed by atoms with Gasteiger partial charge in [0.2, 0.25) is 11.9 Å². The Morgan fingerprint density at radius 2 is 2.05 bits per heavy atom. The van der Waals surface area contributed by atoms with E-state index >= 15 is 0 Å². The molecule has 7 nitrogen and oxygen atoms in total. The molecule has 2 aromatic heterocycles. The highest BCUT2D eigenvalue weighted by molar-refractivity contribution is 9.10. The van der Waals surface area contributed by atoms with Gasteiger partial charge in [-0.3, -0.25) is 0 Å². The standard InChI is InChI=1S/C12H10BrN7/c13-8-3-1-4-9(7-8)16-11-17-10(14)18-12(19-11)20-6-2-5-15-20/h1-7H,(H3,14,16,17,18,19). The van der Waals surface area contributed by atoms with Gasteiger partial charge in [-0.05, 0) is 24.3 Å². The van der Waals surface area contributed by atoms with Gasteiger partial charge in [-0.2, -0.15) is 20.1 Å². The van der Waals surface area contributed by atoms with Gasteiger partial charge in [0.1, 0.15) is 0 Å². The van der Waals surface area contributed by atoms with Crippen molar-refractivity contribution in [2.75, 3.05) is 11.1 Å². The summed E-state index contributed by atoms with van der Waals surface area (Å²) in [6.45, 7) is 0. The third-order valence-electron chi connectivity index (χ3n) is 2.43. The van der Waals surface area contributed by atoms with Crippen molar-refractivity contribution in [2.24, 2.45) is 0 Å². The summed E-state index contributed by atoms with van der Waals surface area (Å²) in [7, 11) is 0. The Hall–Kier alpha value is -2.48. The van der Waals surface area contributed by atoms with Crippen molar-refractivity contribution in [3.63, 3.8) is 0 Å². The second-order valence-electron chi connectivity index (χ2n) is 3.90. The van der Waals surface area contributed by atoms with E-state index in [-0.39, 0.29) is 5.95 Å². The molecular weight excluding hydrogens is 322 g/mol. The minimum absolute atomic E-state index is 0.128. The van der Waals surface area contributed by atoms with E-state index in [1.807, 2.05) is 24.3 Å². The average Bonchev–Trinajstić information content (AvgIpc) is 2.91. The molecule has 1 aromatic carbocycles. The van der Waals surface area contributed by atoms with E-state index in [9.17, 15) is 0 Å². The molecule has 0 aliphatic rings. The number of nitrogens with zero attached hydrogens (tertiary/aromatic N) is 5. The first-order chi connectivity index (χ1) is 9.70. The second kappa shape index (κ2) is 5.25. The highest BCUT2D eigenvalue weighted by Crippen LogP contribution is 2.19. The lowest BCUT2D eigenvalue weighted by Gasteiger charge is -2.07. The van der Waals surface area contributed by atoms with Crippen LogP contribution in [-0.4, -0.2) is 24.7 Å². The van der Waals surface area contributed by atoms with Crippen LogP contribution in [0.3, 0.4) is 0 Å². The maximum Gasteiger partial charge on any atom is 0.257 e. The SMILES string of the molecule is Nc1nc(Nc2cccc(Br)c2)nc(-n2cccn2)n1.